The lowest BCUT2D eigenvalue weighted by Crippen LogP contribution is -2.17. The van der Waals surface area contributed by atoms with Gasteiger partial charge in [0.25, 0.3) is 11.6 Å². The Morgan fingerprint density at radius 2 is 1.85 bits per heavy atom. The summed E-state index contributed by atoms with van der Waals surface area (Å²) in [5, 5.41) is 14.5. The highest BCUT2D eigenvalue weighted by Gasteiger charge is 2.09. The lowest BCUT2D eigenvalue weighted by atomic mass is 10.2. The van der Waals surface area contributed by atoms with Gasteiger partial charge in [0.2, 0.25) is 0 Å². The Kier molecular flexibility index (Phi) is 6.67. The number of hydrogen-bond donors (Lipinski definition) is 1. The highest BCUT2D eigenvalue weighted by molar-refractivity contribution is 5.95. The van der Waals surface area contributed by atoms with E-state index in [9.17, 15) is 14.9 Å². The quantitative estimate of drug-likeness (QED) is 0.444. The average molecular weight is 357 g/mol. The number of carbonyl (C=O) groups excluding carboxylic acids is 1. The number of hydrazone groups is 1. The average Bonchev–Trinajstić information content (AvgIpc) is 2.64. The largest absolute Gasteiger partial charge is 0.494 e. The van der Waals surface area contributed by atoms with E-state index in [-0.39, 0.29) is 11.3 Å². The van der Waals surface area contributed by atoms with Crippen LogP contribution in [0.2, 0.25) is 0 Å². The van der Waals surface area contributed by atoms with Gasteiger partial charge < -0.3 is 9.47 Å². The lowest BCUT2D eigenvalue weighted by molar-refractivity contribution is -0.384. The second-order valence-electron chi connectivity index (χ2n) is 5.07. The van der Waals surface area contributed by atoms with Gasteiger partial charge in [0.05, 0.1) is 24.4 Å². The predicted molar refractivity (Wildman–Crippen MR) is 96.9 cm³/mol. The number of ether oxygens (including phenoxy) is 2. The zero-order valence-electron chi connectivity index (χ0n) is 14.5. The molecule has 0 aliphatic heterocycles. The molecule has 0 unspecified atom stereocenters. The van der Waals surface area contributed by atoms with Gasteiger partial charge in [0.1, 0.15) is 11.5 Å². The number of amides is 1. The third kappa shape index (κ3) is 5.04. The van der Waals surface area contributed by atoms with Crippen LogP contribution in [0.4, 0.5) is 5.69 Å². The molecular weight excluding hydrogens is 338 g/mol. The monoisotopic (exact) mass is 357 g/mol. The summed E-state index contributed by atoms with van der Waals surface area (Å²) in [6, 6.07) is 10.6. The molecule has 1 amide bonds. The molecule has 136 valence electrons. The van der Waals surface area contributed by atoms with Crippen molar-refractivity contribution in [2.75, 3.05) is 13.2 Å². The van der Waals surface area contributed by atoms with Crippen LogP contribution in [-0.4, -0.2) is 30.3 Å². The molecule has 0 aliphatic carbocycles. The summed E-state index contributed by atoms with van der Waals surface area (Å²) in [4.78, 5) is 22.1. The van der Waals surface area contributed by atoms with Crippen molar-refractivity contribution in [3.05, 3.63) is 63.7 Å². The number of nitrogens with one attached hydrogen (secondary N) is 1. The van der Waals surface area contributed by atoms with Gasteiger partial charge in [-0.3, -0.25) is 14.9 Å². The summed E-state index contributed by atoms with van der Waals surface area (Å²) >= 11 is 0. The Bertz CT molecular complexity index is 803. The maximum atomic E-state index is 12.0. The molecule has 0 spiro atoms. The van der Waals surface area contributed by atoms with Gasteiger partial charge in [-0.2, -0.15) is 5.10 Å². The fraction of sp³-hybridized carbons (Fsp3) is 0.222. The van der Waals surface area contributed by atoms with Crippen molar-refractivity contribution in [1.29, 1.82) is 0 Å². The summed E-state index contributed by atoms with van der Waals surface area (Å²) in [6.45, 7) is 4.78. The molecule has 26 heavy (non-hydrogen) atoms. The molecule has 0 radical (unpaired) electrons. The third-order valence-corrected chi connectivity index (χ3v) is 3.31. The van der Waals surface area contributed by atoms with E-state index in [4.69, 9.17) is 9.47 Å². The van der Waals surface area contributed by atoms with Crippen molar-refractivity contribution in [2.24, 2.45) is 5.10 Å². The number of carbonyl (C=O) groups is 1. The van der Waals surface area contributed by atoms with E-state index in [0.717, 1.165) is 0 Å². The standard InChI is InChI=1S/C18H19N3O5/c1-3-25-16-10-7-14(17(11-16)26-4-2)12-19-20-18(22)13-5-8-15(9-6-13)21(23)24/h5-12H,3-4H2,1-2H3,(H,20,22)/b19-12+. The van der Waals surface area contributed by atoms with Gasteiger partial charge >= 0.3 is 0 Å². The van der Waals surface area contributed by atoms with Crippen LogP contribution in [0.3, 0.4) is 0 Å². The van der Waals surface area contributed by atoms with Gasteiger partial charge in [-0.05, 0) is 38.1 Å². The zero-order chi connectivity index (χ0) is 18.9. The van der Waals surface area contributed by atoms with Crippen molar-refractivity contribution in [3.63, 3.8) is 0 Å². The van der Waals surface area contributed by atoms with Crippen molar-refractivity contribution >= 4 is 17.8 Å². The molecule has 0 aromatic heterocycles. The molecule has 0 saturated carbocycles. The fourth-order valence-electron chi connectivity index (χ4n) is 2.12. The van der Waals surface area contributed by atoms with E-state index in [2.05, 4.69) is 10.5 Å². The molecule has 1 N–H and O–H groups in total. The second kappa shape index (κ2) is 9.16. The first-order valence-corrected chi connectivity index (χ1v) is 8.02. The first-order chi connectivity index (χ1) is 12.5. The molecule has 0 bridgehead atoms. The Balaban J connectivity index is 2.06. The fourth-order valence-corrected chi connectivity index (χ4v) is 2.12. The number of rotatable bonds is 8. The van der Waals surface area contributed by atoms with Gasteiger partial charge in [0, 0.05) is 29.3 Å². The molecular formula is C18H19N3O5. The smallest absolute Gasteiger partial charge is 0.271 e. The molecule has 0 atom stereocenters. The molecule has 0 saturated heterocycles. The minimum absolute atomic E-state index is 0.0826. The highest BCUT2D eigenvalue weighted by Crippen LogP contribution is 2.24. The van der Waals surface area contributed by atoms with E-state index in [1.807, 2.05) is 13.8 Å². The summed E-state index contributed by atoms with van der Waals surface area (Å²) in [7, 11) is 0. The maximum absolute atomic E-state index is 12.0. The zero-order valence-corrected chi connectivity index (χ0v) is 14.5. The van der Waals surface area contributed by atoms with Crippen molar-refractivity contribution in [1.82, 2.24) is 5.43 Å². The van der Waals surface area contributed by atoms with E-state index < -0.39 is 10.8 Å². The summed E-state index contributed by atoms with van der Waals surface area (Å²) in [5.41, 5.74) is 3.24. The van der Waals surface area contributed by atoms with E-state index in [1.165, 1.54) is 30.5 Å². The first kappa shape index (κ1) is 18.9. The highest BCUT2D eigenvalue weighted by atomic mass is 16.6. The topological polar surface area (TPSA) is 103 Å². The third-order valence-electron chi connectivity index (χ3n) is 3.31. The molecule has 2 aromatic carbocycles. The molecule has 2 rings (SSSR count). The molecule has 0 fully saturated rings. The number of nitro benzene ring substituents is 1. The Labute approximate surface area is 150 Å². The van der Waals surface area contributed by atoms with Gasteiger partial charge in [0.15, 0.2) is 0 Å². The minimum Gasteiger partial charge on any atom is -0.494 e. The molecule has 8 heteroatoms. The van der Waals surface area contributed by atoms with E-state index in [0.29, 0.717) is 30.3 Å². The van der Waals surface area contributed by atoms with Crippen LogP contribution in [-0.2, 0) is 0 Å². The SMILES string of the molecule is CCOc1ccc(/C=N/NC(=O)c2ccc([N+](=O)[O-])cc2)c(OCC)c1. The van der Waals surface area contributed by atoms with Crippen LogP contribution in [0.5, 0.6) is 11.5 Å². The molecule has 0 aliphatic rings. The summed E-state index contributed by atoms with van der Waals surface area (Å²) in [5.74, 6) is 0.801. The number of hydrogen-bond acceptors (Lipinski definition) is 6. The van der Waals surface area contributed by atoms with Gasteiger partial charge in [-0.1, -0.05) is 0 Å². The number of benzene rings is 2. The van der Waals surface area contributed by atoms with E-state index in [1.54, 1.807) is 18.2 Å². The van der Waals surface area contributed by atoms with Crippen LogP contribution in [0.15, 0.2) is 47.6 Å². The lowest BCUT2D eigenvalue weighted by Gasteiger charge is -2.10. The Morgan fingerprint density at radius 1 is 1.15 bits per heavy atom. The Hall–Kier alpha value is -3.42. The Morgan fingerprint density at radius 3 is 2.46 bits per heavy atom. The summed E-state index contributed by atoms with van der Waals surface area (Å²) in [6.07, 6.45) is 1.46. The maximum Gasteiger partial charge on any atom is 0.271 e. The molecule has 2 aromatic rings. The second-order valence-corrected chi connectivity index (χ2v) is 5.07. The van der Waals surface area contributed by atoms with Gasteiger partial charge in [-0.15, -0.1) is 0 Å². The first-order valence-electron chi connectivity index (χ1n) is 8.02. The van der Waals surface area contributed by atoms with Crippen molar-refractivity contribution < 1.29 is 19.2 Å². The van der Waals surface area contributed by atoms with Crippen molar-refractivity contribution in [2.45, 2.75) is 13.8 Å². The van der Waals surface area contributed by atoms with Crippen LogP contribution < -0.4 is 14.9 Å². The molecule has 8 nitrogen and oxygen atoms in total. The van der Waals surface area contributed by atoms with Crippen LogP contribution in [0.1, 0.15) is 29.8 Å². The van der Waals surface area contributed by atoms with Crippen LogP contribution in [0, 0.1) is 10.1 Å². The molecule has 0 heterocycles. The summed E-state index contributed by atoms with van der Waals surface area (Å²) < 4.78 is 11.0. The van der Waals surface area contributed by atoms with Gasteiger partial charge in [-0.25, -0.2) is 5.43 Å². The predicted octanol–water partition coefficient (Wildman–Crippen LogP) is 3.16. The van der Waals surface area contributed by atoms with Crippen LogP contribution >= 0.6 is 0 Å². The number of nitro groups is 1. The number of nitrogens with zero attached hydrogens (tertiary/aromatic N) is 2. The normalized spacial score (nSPS) is 10.5. The van der Waals surface area contributed by atoms with Crippen LogP contribution in [0.25, 0.3) is 0 Å². The number of non-ortho nitro benzene ring substituents is 1. The van der Waals surface area contributed by atoms with Crippen molar-refractivity contribution in [3.8, 4) is 11.5 Å². The van der Waals surface area contributed by atoms with E-state index >= 15 is 0 Å². The minimum atomic E-state index is -0.527.